The number of hydrogen-bond donors (Lipinski definition) is 1. The maximum atomic E-state index is 13.0. The quantitative estimate of drug-likeness (QED) is 0.242. The molecule has 3 rings (SSSR count). The number of para-hydroxylation sites is 1. The molecule has 0 spiro atoms. The monoisotopic (exact) mass is 483 g/mol. The molecule has 0 unspecified atom stereocenters. The molecule has 34 heavy (non-hydrogen) atoms. The summed E-state index contributed by atoms with van der Waals surface area (Å²) in [5.41, 5.74) is 0.990. The van der Waals surface area contributed by atoms with Gasteiger partial charge in [0.05, 0.1) is 24.1 Å². The summed E-state index contributed by atoms with van der Waals surface area (Å²) < 4.78 is 43.0. The summed E-state index contributed by atoms with van der Waals surface area (Å²) in [5, 5.41) is 0. The SMILES string of the molecule is CCOC(=O)CC(=O)c1cc(Oc2ccccc2)c(NS(C)(=O)=O)cc1OCc1ccccc1. The van der Waals surface area contributed by atoms with Crippen molar-refractivity contribution in [1.29, 1.82) is 0 Å². The van der Waals surface area contributed by atoms with E-state index in [1.807, 2.05) is 30.3 Å². The number of rotatable bonds is 11. The van der Waals surface area contributed by atoms with Gasteiger partial charge in [0.2, 0.25) is 10.0 Å². The lowest BCUT2D eigenvalue weighted by Gasteiger charge is -2.17. The van der Waals surface area contributed by atoms with Crippen molar-refractivity contribution >= 4 is 27.5 Å². The Kier molecular flexibility index (Phi) is 8.26. The van der Waals surface area contributed by atoms with E-state index < -0.39 is 28.2 Å². The van der Waals surface area contributed by atoms with Crippen molar-refractivity contribution < 1.29 is 32.2 Å². The first-order valence-corrected chi connectivity index (χ1v) is 12.4. The van der Waals surface area contributed by atoms with E-state index in [2.05, 4.69) is 4.72 Å². The van der Waals surface area contributed by atoms with Crippen LogP contribution < -0.4 is 14.2 Å². The molecule has 0 saturated heterocycles. The second-order valence-electron chi connectivity index (χ2n) is 7.31. The fourth-order valence-electron chi connectivity index (χ4n) is 3.05. The molecule has 0 bridgehead atoms. The van der Waals surface area contributed by atoms with Crippen LogP contribution >= 0.6 is 0 Å². The molecule has 0 aromatic heterocycles. The van der Waals surface area contributed by atoms with Gasteiger partial charge in [0.25, 0.3) is 0 Å². The van der Waals surface area contributed by atoms with Crippen LogP contribution in [0.1, 0.15) is 29.3 Å². The number of carbonyl (C=O) groups is 2. The molecule has 9 heteroatoms. The number of esters is 1. The summed E-state index contributed by atoms with van der Waals surface area (Å²) in [6, 6.07) is 20.7. The number of ether oxygens (including phenoxy) is 3. The smallest absolute Gasteiger partial charge is 0.313 e. The van der Waals surface area contributed by atoms with Crippen molar-refractivity contribution in [2.45, 2.75) is 20.0 Å². The minimum atomic E-state index is -3.68. The zero-order chi connectivity index (χ0) is 24.6. The molecular formula is C25H25NO7S. The van der Waals surface area contributed by atoms with Crippen molar-refractivity contribution in [3.63, 3.8) is 0 Å². The molecular weight excluding hydrogens is 458 g/mol. The highest BCUT2D eigenvalue weighted by Crippen LogP contribution is 2.37. The van der Waals surface area contributed by atoms with Crippen LogP contribution in [0.3, 0.4) is 0 Å². The number of Topliss-reactive ketones (excluding diaryl/α,β-unsaturated/α-hetero) is 1. The molecule has 0 saturated carbocycles. The van der Waals surface area contributed by atoms with Gasteiger partial charge in [0, 0.05) is 6.07 Å². The van der Waals surface area contributed by atoms with Gasteiger partial charge in [-0.3, -0.25) is 14.3 Å². The molecule has 1 N–H and O–H groups in total. The third-order valence-corrected chi connectivity index (χ3v) is 5.09. The van der Waals surface area contributed by atoms with Gasteiger partial charge in [-0.2, -0.15) is 0 Å². The fourth-order valence-corrected chi connectivity index (χ4v) is 3.61. The van der Waals surface area contributed by atoms with Gasteiger partial charge < -0.3 is 14.2 Å². The number of nitrogens with one attached hydrogen (secondary N) is 1. The van der Waals surface area contributed by atoms with Gasteiger partial charge in [0.1, 0.15) is 24.5 Å². The topological polar surface area (TPSA) is 108 Å². The molecule has 8 nitrogen and oxygen atoms in total. The van der Waals surface area contributed by atoms with E-state index in [9.17, 15) is 18.0 Å². The number of sulfonamides is 1. The summed E-state index contributed by atoms with van der Waals surface area (Å²) in [7, 11) is -3.68. The van der Waals surface area contributed by atoms with E-state index in [0.717, 1.165) is 11.8 Å². The highest BCUT2D eigenvalue weighted by atomic mass is 32.2. The largest absolute Gasteiger partial charge is 0.488 e. The van der Waals surface area contributed by atoms with E-state index in [0.29, 0.717) is 5.75 Å². The zero-order valence-corrected chi connectivity index (χ0v) is 19.6. The van der Waals surface area contributed by atoms with E-state index in [-0.39, 0.29) is 36.0 Å². The van der Waals surface area contributed by atoms with Crippen LogP contribution in [0.4, 0.5) is 5.69 Å². The Bertz CT molecular complexity index is 1240. The summed E-state index contributed by atoms with van der Waals surface area (Å²) in [6.45, 7) is 1.91. The van der Waals surface area contributed by atoms with Gasteiger partial charge in [-0.1, -0.05) is 48.5 Å². The van der Waals surface area contributed by atoms with Crippen molar-refractivity contribution in [3.05, 3.63) is 83.9 Å². The summed E-state index contributed by atoms with van der Waals surface area (Å²) in [5.74, 6) is -0.614. The van der Waals surface area contributed by atoms with E-state index >= 15 is 0 Å². The molecule has 178 valence electrons. The van der Waals surface area contributed by atoms with Gasteiger partial charge >= 0.3 is 5.97 Å². The zero-order valence-electron chi connectivity index (χ0n) is 18.8. The standard InChI is InChI=1S/C25H25NO7S/c1-3-31-25(28)16-22(27)20-14-24(33-19-12-8-5-9-13-19)21(26-34(2,29)30)15-23(20)32-17-18-10-6-4-7-11-18/h4-15,26H,3,16-17H2,1-2H3. The first-order valence-electron chi connectivity index (χ1n) is 10.5. The molecule has 0 fully saturated rings. The Morgan fingerprint density at radius 3 is 2.18 bits per heavy atom. The van der Waals surface area contributed by atoms with E-state index in [1.54, 1.807) is 37.3 Å². The summed E-state index contributed by atoms with van der Waals surface area (Å²) in [6.07, 6.45) is 0.503. The van der Waals surface area contributed by atoms with Crippen molar-refractivity contribution in [1.82, 2.24) is 0 Å². The van der Waals surface area contributed by atoms with Gasteiger partial charge in [-0.05, 0) is 30.7 Å². The molecule has 0 atom stereocenters. The number of carbonyl (C=O) groups excluding carboxylic acids is 2. The van der Waals surface area contributed by atoms with Crippen molar-refractivity contribution in [2.24, 2.45) is 0 Å². The normalized spacial score (nSPS) is 10.9. The number of ketones is 1. The average Bonchev–Trinajstić information content (AvgIpc) is 2.79. The molecule has 0 aliphatic carbocycles. The summed E-state index contributed by atoms with van der Waals surface area (Å²) in [4.78, 5) is 24.9. The average molecular weight is 484 g/mol. The molecule has 0 aliphatic rings. The molecule has 0 amide bonds. The predicted octanol–water partition coefficient (Wildman–Crippen LogP) is 4.57. The van der Waals surface area contributed by atoms with Crippen LogP contribution in [0.5, 0.6) is 17.2 Å². The Hall–Kier alpha value is -3.85. The number of anilines is 1. The number of benzene rings is 3. The van der Waals surface area contributed by atoms with E-state index in [1.165, 1.54) is 12.1 Å². The second kappa shape index (κ2) is 11.3. The van der Waals surface area contributed by atoms with Crippen molar-refractivity contribution in [3.8, 4) is 17.2 Å². The van der Waals surface area contributed by atoms with Crippen LogP contribution in [-0.2, 0) is 26.2 Å². The minimum absolute atomic E-state index is 0.0639. The molecule has 3 aromatic rings. The highest BCUT2D eigenvalue weighted by molar-refractivity contribution is 7.92. The van der Waals surface area contributed by atoms with Gasteiger partial charge in [-0.25, -0.2) is 8.42 Å². The Balaban J connectivity index is 2.04. The van der Waals surface area contributed by atoms with Gasteiger partial charge in [0.15, 0.2) is 11.5 Å². The maximum Gasteiger partial charge on any atom is 0.313 e. The minimum Gasteiger partial charge on any atom is -0.488 e. The lowest BCUT2D eigenvalue weighted by Crippen LogP contribution is -2.14. The van der Waals surface area contributed by atoms with E-state index in [4.69, 9.17) is 14.2 Å². The Morgan fingerprint density at radius 1 is 0.912 bits per heavy atom. The predicted molar refractivity (Wildman–Crippen MR) is 128 cm³/mol. The summed E-state index contributed by atoms with van der Waals surface area (Å²) >= 11 is 0. The lowest BCUT2D eigenvalue weighted by molar-refractivity contribution is -0.141. The van der Waals surface area contributed by atoms with Crippen LogP contribution in [-0.4, -0.2) is 33.0 Å². The molecule has 0 radical (unpaired) electrons. The van der Waals surface area contributed by atoms with Gasteiger partial charge in [-0.15, -0.1) is 0 Å². The molecule has 0 heterocycles. The second-order valence-corrected chi connectivity index (χ2v) is 9.06. The maximum absolute atomic E-state index is 13.0. The Labute approximate surface area is 198 Å². The highest BCUT2D eigenvalue weighted by Gasteiger charge is 2.22. The van der Waals surface area contributed by atoms with Crippen LogP contribution in [0, 0.1) is 0 Å². The number of hydrogen-bond acceptors (Lipinski definition) is 7. The first kappa shape index (κ1) is 24.8. The van der Waals surface area contributed by atoms with Crippen molar-refractivity contribution in [2.75, 3.05) is 17.6 Å². The third-order valence-electron chi connectivity index (χ3n) is 4.50. The van der Waals surface area contributed by atoms with Crippen LogP contribution in [0.15, 0.2) is 72.8 Å². The fraction of sp³-hybridized carbons (Fsp3) is 0.200. The lowest BCUT2D eigenvalue weighted by atomic mass is 10.1. The molecule has 3 aromatic carbocycles. The third kappa shape index (κ3) is 7.35. The molecule has 0 aliphatic heterocycles. The first-order chi connectivity index (χ1) is 16.2. The van der Waals surface area contributed by atoms with Crippen LogP contribution in [0.25, 0.3) is 0 Å². The Morgan fingerprint density at radius 2 is 1.56 bits per heavy atom. The van der Waals surface area contributed by atoms with Crippen LogP contribution in [0.2, 0.25) is 0 Å².